The summed E-state index contributed by atoms with van der Waals surface area (Å²) in [5.74, 6) is -0.442. The Labute approximate surface area is 154 Å². The van der Waals surface area contributed by atoms with Gasteiger partial charge < -0.3 is 20.9 Å². The molecule has 1 aromatic carbocycles. The van der Waals surface area contributed by atoms with Gasteiger partial charge in [-0.15, -0.1) is 0 Å². The van der Waals surface area contributed by atoms with E-state index >= 15 is 0 Å². The van der Waals surface area contributed by atoms with Gasteiger partial charge in [-0.05, 0) is 51.2 Å². The molecule has 1 heterocycles. The molecule has 7 heteroatoms. The maximum absolute atomic E-state index is 12.3. The predicted octanol–water partition coefficient (Wildman–Crippen LogP) is 1.86. The van der Waals surface area contributed by atoms with Crippen molar-refractivity contribution < 1.29 is 14.4 Å². The molecule has 7 nitrogen and oxygen atoms in total. The lowest BCUT2D eigenvalue weighted by Crippen LogP contribution is -2.50. The molecule has 1 atom stereocenters. The fraction of sp³-hybridized carbons (Fsp3) is 0.526. The van der Waals surface area contributed by atoms with Gasteiger partial charge in [-0.2, -0.15) is 0 Å². The minimum absolute atomic E-state index is 0.0903. The van der Waals surface area contributed by atoms with Crippen molar-refractivity contribution in [3.63, 3.8) is 0 Å². The average Bonchev–Trinajstić information content (AvgIpc) is 2.75. The maximum Gasteiger partial charge on any atom is 0.318 e. The van der Waals surface area contributed by atoms with Crippen molar-refractivity contribution in [3.05, 3.63) is 28.8 Å². The zero-order valence-corrected chi connectivity index (χ0v) is 15.9. The number of carbonyl (C=O) groups excluding carboxylic acids is 3. The molecule has 3 N–H and O–H groups in total. The number of carbonyl (C=O) groups is 3. The standard InChI is InChI=1S/C19H28N4O3/c1-12-9-13(2)17(14(3)10-12)22-16(24)11-23(4)19(26)21-15-7-5-6-8-20-18(15)25/h9-10,15H,5-8,11H2,1-4H3,(H,20,25)(H,21,26)(H,22,24). The van der Waals surface area contributed by atoms with Crippen LogP contribution in [-0.4, -0.2) is 48.9 Å². The molecule has 1 aliphatic rings. The van der Waals surface area contributed by atoms with Crippen molar-refractivity contribution in [2.75, 3.05) is 25.5 Å². The Bertz CT molecular complexity index is 679. The number of rotatable bonds is 4. The van der Waals surface area contributed by atoms with E-state index in [2.05, 4.69) is 16.0 Å². The fourth-order valence-corrected chi connectivity index (χ4v) is 3.18. The number of nitrogens with zero attached hydrogens (tertiary/aromatic N) is 1. The van der Waals surface area contributed by atoms with Crippen LogP contribution in [0.15, 0.2) is 12.1 Å². The molecule has 1 saturated heterocycles. The Hall–Kier alpha value is -2.57. The van der Waals surface area contributed by atoms with E-state index < -0.39 is 12.1 Å². The molecule has 1 unspecified atom stereocenters. The normalized spacial score (nSPS) is 17.1. The summed E-state index contributed by atoms with van der Waals surface area (Å²) in [6.07, 6.45) is 2.39. The summed E-state index contributed by atoms with van der Waals surface area (Å²) in [4.78, 5) is 37.8. The molecule has 142 valence electrons. The number of urea groups is 1. The van der Waals surface area contributed by atoms with Gasteiger partial charge in [0, 0.05) is 19.3 Å². The summed E-state index contributed by atoms with van der Waals surface area (Å²) in [6, 6.07) is 3.03. The zero-order chi connectivity index (χ0) is 19.3. The number of hydrogen-bond donors (Lipinski definition) is 3. The second kappa shape index (κ2) is 8.69. The Morgan fingerprint density at radius 2 is 1.85 bits per heavy atom. The minimum atomic E-state index is -0.544. The van der Waals surface area contributed by atoms with E-state index in [-0.39, 0.29) is 18.4 Å². The SMILES string of the molecule is Cc1cc(C)c(NC(=O)CN(C)C(=O)NC2CCCCNC2=O)c(C)c1. The molecule has 4 amide bonds. The minimum Gasteiger partial charge on any atom is -0.354 e. The van der Waals surface area contributed by atoms with Crippen molar-refractivity contribution in [1.82, 2.24) is 15.5 Å². The second-order valence-electron chi connectivity index (χ2n) is 6.97. The van der Waals surface area contributed by atoms with Gasteiger partial charge in [0.05, 0.1) is 0 Å². The lowest BCUT2D eigenvalue weighted by Gasteiger charge is -2.22. The quantitative estimate of drug-likeness (QED) is 0.765. The number of benzene rings is 1. The molecule has 1 aliphatic heterocycles. The number of nitrogens with one attached hydrogen (secondary N) is 3. The highest BCUT2D eigenvalue weighted by molar-refractivity contribution is 5.96. The van der Waals surface area contributed by atoms with Gasteiger partial charge in [0.25, 0.3) is 0 Å². The number of amides is 4. The van der Waals surface area contributed by atoms with E-state index in [4.69, 9.17) is 0 Å². The first kappa shape index (κ1) is 19.8. The Kier molecular flexibility index (Phi) is 6.60. The van der Waals surface area contributed by atoms with Crippen LogP contribution in [-0.2, 0) is 9.59 Å². The number of aryl methyl sites for hydroxylation is 3. The topological polar surface area (TPSA) is 90.5 Å². The van der Waals surface area contributed by atoms with Crippen LogP contribution in [0.25, 0.3) is 0 Å². The predicted molar refractivity (Wildman–Crippen MR) is 101 cm³/mol. The average molecular weight is 360 g/mol. The summed E-state index contributed by atoms with van der Waals surface area (Å²) in [5.41, 5.74) is 3.88. The molecule has 0 aromatic heterocycles. The highest BCUT2D eigenvalue weighted by atomic mass is 16.2. The van der Waals surface area contributed by atoms with Crippen LogP contribution in [0.3, 0.4) is 0 Å². The molecular formula is C19H28N4O3. The third kappa shape index (κ3) is 5.21. The zero-order valence-electron chi connectivity index (χ0n) is 15.9. The van der Waals surface area contributed by atoms with Gasteiger partial charge in [0.15, 0.2) is 0 Å². The van der Waals surface area contributed by atoms with Gasteiger partial charge in [-0.25, -0.2) is 4.79 Å². The van der Waals surface area contributed by atoms with Gasteiger partial charge >= 0.3 is 6.03 Å². The molecule has 0 spiro atoms. The summed E-state index contributed by atoms with van der Waals surface area (Å²) in [5, 5.41) is 8.35. The first-order valence-electron chi connectivity index (χ1n) is 8.95. The molecule has 0 aliphatic carbocycles. The third-order valence-corrected chi connectivity index (χ3v) is 4.50. The summed E-state index contributed by atoms with van der Waals surface area (Å²) in [7, 11) is 1.54. The van der Waals surface area contributed by atoms with Crippen LogP contribution in [0.4, 0.5) is 10.5 Å². The third-order valence-electron chi connectivity index (χ3n) is 4.50. The largest absolute Gasteiger partial charge is 0.354 e. The molecule has 1 fully saturated rings. The monoisotopic (exact) mass is 360 g/mol. The van der Waals surface area contributed by atoms with E-state index in [1.165, 1.54) is 4.90 Å². The van der Waals surface area contributed by atoms with Crippen LogP contribution in [0, 0.1) is 20.8 Å². The Balaban J connectivity index is 1.92. The summed E-state index contributed by atoms with van der Waals surface area (Å²) < 4.78 is 0. The van der Waals surface area contributed by atoms with Crippen LogP contribution < -0.4 is 16.0 Å². The summed E-state index contributed by atoms with van der Waals surface area (Å²) in [6.45, 7) is 6.44. The van der Waals surface area contributed by atoms with E-state index in [9.17, 15) is 14.4 Å². The van der Waals surface area contributed by atoms with Gasteiger partial charge in [0.1, 0.15) is 12.6 Å². The highest BCUT2D eigenvalue weighted by Crippen LogP contribution is 2.21. The van der Waals surface area contributed by atoms with Crippen LogP contribution in [0.2, 0.25) is 0 Å². The highest BCUT2D eigenvalue weighted by Gasteiger charge is 2.24. The van der Waals surface area contributed by atoms with Crippen LogP contribution in [0.1, 0.15) is 36.0 Å². The number of hydrogen-bond acceptors (Lipinski definition) is 3. The van der Waals surface area contributed by atoms with Gasteiger partial charge in [0.2, 0.25) is 11.8 Å². The Morgan fingerprint density at radius 3 is 2.50 bits per heavy atom. The smallest absolute Gasteiger partial charge is 0.318 e. The molecule has 0 saturated carbocycles. The molecule has 0 radical (unpaired) electrons. The summed E-state index contributed by atoms with van der Waals surface area (Å²) >= 11 is 0. The molecule has 26 heavy (non-hydrogen) atoms. The van der Waals surface area contributed by atoms with E-state index in [1.54, 1.807) is 7.05 Å². The van der Waals surface area contributed by atoms with Crippen LogP contribution >= 0.6 is 0 Å². The van der Waals surface area contributed by atoms with Crippen molar-refractivity contribution in [2.45, 2.75) is 46.1 Å². The lowest BCUT2D eigenvalue weighted by atomic mass is 10.1. The molecular weight excluding hydrogens is 332 g/mol. The molecule has 0 bridgehead atoms. The fourth-order valence-electron chi connectivity index (χ4n) is 3.18. The number of anilines is 1. The first-order valence-corrected chi connectivity index (χ1v) is 8.95. The van der Waals surface area contributed by atoms with E-state index in [0.717, 1.165) is 35.2 Å². The van der Waals surface area contributed by atoms with Crippen molar-refractivity contribution in [2.24, 2.45) is 0 Å². The van der Waals surface area contributed by atoms with E-state index in [0.29, 0.717) is 13.0 Å². The van der Waals surface area contributed by atoms with Crippen molar-refractivity contribution in [3.8, 4) is 0 Å². The second-order valence-corrected chi connectivity index (χ2v) is 6.97. The van der Waals surface area contributed by atoms with Gasteiger partial charge in [-0.1, -0.05) is 17.7 Å². The van der Waals surface area contributed by atoms with E-state index in [1.807, 2.05) is 32.9 Å². The van der Waals surface area contributed by atoms with Crippen LogP contribution in [0.5, 0.6) is 0 Å². The molecule has 1 aromatic rings. The first-order chi connectivity index (χ1) is 12.3. The number of likely N-dealkylation sites (N-methyl/N-ethyl adjacent to an activating group) is 1. The molecule has 2 rings (SSSR count). The van der Waals surface area contributed by atoms with Gasteiger partial charge in [-0.3, -0.25) is 9.59 Å². The van der Waals surface area contributed by atoms with Crippen molar-refractivity contribution in [1.29, 1.82) is 0 Å². The van der Waals surface area contributed by atoms with Crippen molar-refractivity contribution >= 4 is 23.5 Å². The lowest BCUT2D eigenvalue weighted by molar-refractivity contribution is -0.122. The Morgan fingerprint density at radius 1 is 1.19 bits per heavy atom. The maximum atomic E-state index is 12.3.